The highest BCUT2D eigenvalue weighted by atomic mass is 19.1. The van der Waals surface area contributed by atoms with Gasteiger partial charge in [0.2, 0.25) is 0 Å². The van der Waals surface area contributed by atoms with Crippen LogP contribution >= 0.6 is 0 Å². The molecule has 1 saturated heterocycles. The van der Waals surface area contributed by atoms with Crippen LogP contribution in [0.5, 0.6) is 5.75 Å². The van der Waals surface area contributed by atoms with Crippen LogP contribution in [0.15, 0.2) is 48.5 Å². The molecule has 2 aliphatic heterocycles. The number of aliphatic hydroxyl groups is 1. The number of rotatable bonds is 7. The molecule has 1 fully saturated rings. The van der Waals surface area contributed by atoms with E-state index >= 15 is 0 Å². The maximum absolute atomic E-state index is 13.3. The van der Waals surface area contributed by atoms with Crippen LogP contribution in [0.4, 0.5) is 4.39 Å². The van der Waals surface area contributed by atoms with E-state index in [4.69, 9.17) is 4.74 Å². The van der Waals surface area contributed by atoms with Crippen molar-refractivity contribution in [3.8, 4) is 5.75 Å². The Morgan fingerprint density at radius 2 is 1.79 bits per heavy atom. The summed E-state index contributed by atoms with van der Waals surface area (Å²) in [5, 5.41) is 10.5. The fourth-order valence-corrected chi connectivity index (χ4v) is 4.30. The zero-order valence-corrected chi connectivity index (χ0v) is 17.0. The highest BCUT2D eigenvalue weighted by molar-refractivity contribution is 5.29. The third kappa shape index (κ3) is 5.78. The quantitative estimate of drug-likeness (QED) is 0.775. The van der Waals surface area contributed by atoms with E-state index in [0.717, 1.165) is 44.9 Å². The Kier molecular flexibility index (Phi) is 6.80. The van der Waals surface area contributed by atoms with Crippen molar-refractivity contribution in [2.45, 2.75) is 44.6 Å². The van der Waals surface area contributed by atoms with Crippen molar-refractivity contribution in [1.82, 2.24) is 9.80 Å². The maximum atomic E-state index is 13.3. The van der Waals surface area contributed by atoms with Gasteiger partial charge in [-0.1, -0.05) is 36.4 Å². The molecule has 0 amide bonds. The Morgan fingerprint density at radius 1 is 1.00 bits per heavy atom. The molecule has 2 heterocycles. The van der Waals surface area contributed by atoms with Crippen molar-refractivity contribution in [2.75, 3.05) is 32.8 Å². The van der Waals surface area contributed by atoms with Crippen LogP contribution in [0.25, 0.3) is 0 Å². The Labute approximate surface area is 172 Å². The molecule has 0 aliphatic carbocycles. The summed E-state index contributed by atoms with van der Waals surface area (Å²) in [4.78, 5) is 4.58. The minimum atomic E-state index is -0.643. The summed E-state index contributed by atoms with van der Waals surface area (Å²) in [5.41, 5.74) is 3.94. The van der Waals surface area contributed by atoms with Crippen molar-refractivity contribution in [2.24, 2.45) is 0 Å². The lowest BCUT2D eigenvalue weighted by molar-refractivity contribution is 0.0637. The highest BCUT2D eigenvalue weighted by Crippen LogP contribution is 2.20. The Balaban J connectivity index is 1.24. The maximum Gasteiger partial charge on any atom is 0.119 e. The molecule has 2 aromatic carbocycles. The Hall–Kier alpha value is -1.95. The van der Waals surface area contributed by atoms with E-state index in [2.05, 4.69) is 40.1 Å². The molecular formula is C24H31FN2O2. The summed E-state index contributed by atoms with van der Waals surface area (Å²) >= 11 is 0. The molecule has 0 spiro atoms. The summed E-state index contributed by atoms with van der Waals surface area (Å²) in [5.74, 6) is 0.783. The van der Waals surface area contributed by atoms with Gasteiger partial charge in [-0.2, -0.15) is 0 Å². The summed E-state index contributed by atoms with van der Waals surface area (Å²) in [7, 11) is 0. The number of halogens is 1. The SMILES string of the molecule is O[C@H](COc1cccc(CN2CCC(F)CC2)c1)CN1CCc2ccccc2C1. The first-order chi connectivity index (χ1) is 14.2. The van der Waals surface area contributed by atoms with Crippen molar-refractivity contribution < 1.29 is 14.2 Å². The van der Waals surface area contributed by atoms with Gasteiger partial charge in [0.1, 0.15) is 24.6 Å². The molecule has 2 aromatic rings. The summed E-state index contributed by atoms with van der Waals surface area (Å²) < 4.78 is 19.2. The first-order valence-electron chi connectivity index (χ1n) is 10.7. The number of hydrogen-bond donors (Lipinski definition) is 1. The number of piperidine rings is 1. The Morgan fingerprint density at radius 3 is 2.62 bits per heavy atom. The number of alkyl halides is 1. The van der Waals surface area contributed by atoms with Crippen molar-refractivity contribution in [1.29, 1.82) is 0 Å². The van der Waals surface area contributed by atoms with Crippen LogP contribution in [0.2, 0.25) is 0 Å². The fourth-order valence-electron chi connectivity index (χ4n) is 4.30. The number of likely N-dealkylation sites (tertiary alicyclic amines) is 1. The average molecular weight is 399 g/mol. The van der Waals surface area contributed by atoms with Gasteiger partial charge in [-0.3, -0.25) is 9.80 Å². The first kappa shape index (κ1) is 20.3. The normalized spacial score (nSPS) is 19.7. The van der Waals surface area contributed by atoms with Crippen LogP contribution in [-0.4, -0.2) is 60.0 Å². The van der Waals surface area contributed by atoms with E-state index in [0.29, 0.717) is 19.4 Å². The number of ether oxygens (including phenoxy) is 1. The topological polar surface area (TPSA) is 35.9 Å². The number of nitrogens with zero attached hydrogens (tertiary/aromatic N) is 2. The fraction of sp³-hybridized carbons (Fsp3) is 0.500. The lowest BCUT2D eigenvalue weighted by Gasteiger charge is -2.30. The van der Waals surface area contributed by atoms with E-state index in [9.17, 15) is 9.50 Å². The van der Waals surface area contributed by atoms with Gasteiger partial charge in [-0.25, -0.2) is 4.39 Å². The minimum absolute atomic E-state index is 0.287. The lowest BCUT2D eigenvalue weighted by atomic mass is 10.00. The van der Waals surface area contributed by atoms with Gasteiger partial charge in [0.25, 0.3) is 0 Å². The van der Waals surface area contributed by atoms with Gasteiger partial charge in [0.05, 0.1) is 0 Å². The minimum Gasteiger partial charge on any atom is -0.491 e. The second kappa shape index (κ2) is 9.70. The molecule has 4 rings (SSSR count). The molecule has 4 nitrogen and oxygen atoms in total. The Bertz CT molecular complexity index is 792. The van der Waals surface area contributed by atoms with E-state index in [1.165, 1.54) is 16.7 Å². The van der Waals surface area contributed by atoms with E-state index < -0.39 is 12.3 Å². The van der Waals surface area contributed by atoms with Crippen LogP contribution in [0.1, 0.15) is 29.5 Å². The highest BCUT2D eigenvalue weighted by Gasteiger charge is 2.20. The zero-order valence-electron chi connectivity index (χ0n) is 17.0. The second-order valence-electron chi connectivity index (χ2n) is 8.32. The molecule has 0 saturated carbocycles. The van der Waals surface area contributed by atoms with Crippen LogP contribution in [0, 0.1) is 0 Å². The standard InChI is InChI=1S/C24H31FN2O2/c25-22-9-12-26(13-10-22)15-19-4-3-7-24(14-19)29-18-23(28)17-27-11-8-20-5-1-2-6-21(20)16-27/h1-7,14,22-23,28H,8-13,15-18H2/t23-/m0/s1. The van der Waals surface area contributed by atoms with Crippen LogP contribution in [-0.2, 0) is 19.5 Å². The molecule has 1 atom stereocenters. The van der Waals surface area contributed by atoms with Crippen molar-refractivity contribution in [3.63, 3.8) is 0 Å². The third-order valence-electron chi connectivity index (χ3n) is 5.94. The molecule has 29 heavy (non-hydrogen) atoms. The molecule has 0 radical (unpaired) electrons. The molecule has 2 aliphatic rings. The summed E-state index contributed by atoms with van der Waals surface area (Å²) in [6, 6.07) is 16.6. The number of β-amino-alcohol motifs (C(OH)–C–C–N with tert-alkyl or cyclic N) is 1. The molecule has 156 valence electrons. The number of benzene rings is 2. The second-order valence-corrected chi connectivity index (χ2v) is 8.32. The monoisotopic (exact) mass is 398 g/mol. The molecule has 5 heteroatoms. The van der Waals surface area contributed by atoms with Crippen LogP contribution in [0.3, 0.4) is 0 Å². The number of fused-ring (bicyclic) bond motifs is 1. The smallest absolute Gasteiger partial charge is 0.119 e. The first-order valence-corrected chi connectivity index (χ1v) is 10.7. The average Bonchev–Trinajstić information content (AvgIpc) is 2.74. The molecule has 0 aromatic heterocycles. The zero-order chi connectivity index (χ0) is 20.1. The molecule has 0 unspecified atom stereocenters. The van der Waals surface area contributed by atoms with Crippen molar-refractivity contribution in [3.05, 3.63) is 65.2 Å². The summed E-state index contributed by atoms with van der Waals surface area (Å²) in [6.45, 7) is 5.20. The predicted molar refractivity (Wildman–Crippen MR) is 113 cm³/mol. The number of hydrogen-bond acceptors (Lipinski definition) is 4. The van der Waals surface area contributed by atoms with Gasteiger partial charge in [0, 0.05) is 39.3 Å². The van der Waals surface area contributed by atoms with Crippen LogP contribution < -0.4 is 4.74 Å². The van der Waals surface area contributed by atoms with Gasteiger partial charge < -0.3 is 9.84 Å². The van der Waals surface area contributed by atoms with Gasteiger partial charge in [0.15, 0.2) is 0 Å². The van der Waals surface area contributed by atoms with E-state index in [1.807, 2.05) is 18.2 Å². The predicted octanol–water partition coefficient (Wildman–Crippen LogP) is 3.42. The van der Waals surface area contributed by atoms with Gasteiger partial charge in [-0.15, -0.1) is 0 Å². The lowest BCUT2D eigenvalue weighted by Crippen LogP contribution is -2.38. The largest absolute Gasteiger partial charge is 0.491 e. The van der Waals surface area contributed by atoms with Gasteiger partial charge >= 0.3 is 0 Å². The molecule has 0 bridgehead atoms. The van der Waals surface area contributed by atoms with Gasteiger partial charge in [-0.05, 0) is 48.1 Å². The molecule has 1 N–H and O–H groups in total. The van der Waals surface area contributed by atoms with E-state index in [1.54, 1.807) is 0 Å². The van der Waals surface area contributed by atoms with E-state index in [-0.39, 0.29) is 6.61 Å². The molecular weight excluding hydrogens is 367 g/mol. The van der Waals surface area contributed by atoms with Crippen molar-refractivity contribution >= 4 is 0 Å². The summed E-state index contributed by atoms with van der Waals surface area (Å²) in [6.07, 6.45) is 1.13. The number of aliphatic hydroxyl groups excluding tert-OH is 1. The third-order valence-corrected chi connectivity index (χ3v) is 5.94.